The molecule has 0 saturated carbocycles. The van der Waals surface area contributed by atoms with Crippen LogP contribution in [-0.4, -0.2) is 62.2 Å². The average Bonchev–Trinajstić information content (AvgIpc) is 3.06. The molecule has 0 aliphatic carbocycles. The number of rotatable bonds is 6. The minimum atomic E-state index is -0.566. The van der Waals surface area contributed by atoms with Gasteiger partial charge >= 0.3 is 0 Å². The van der Waals surface area contributed by atoms with Gasteiger partial charge in [0.1, 0.15) is 6.10 Å². The SMILES string of the molecule is CC(=O)c1cc(CN2CCCn3nc([C@@H](O)CN(C)C)cc3C2)n(C)c1. The van der Waals surface area contributed by atoms with Crippen molar-refractivity contribution in [1.29, 1.82) is 0 Å². The number of aliphatic hydroxyl groups is 1. The molecule has 1 aliphatic rings. The number of aliphatic hydroxyl groups excluding tert-OH is 1. The van der Waals surface area contributed by atoms with Gasteiger partial charge in [-0.15, -0.1) is 0 Å². The number of likely N-dealkylation sites (N-methyl/N-ethyl adjacent to an activating group) is 1. The Hall–Kier alpha value is -1.96. The van der Waals surface area contributed by atoms with Crippen LogP contribution in [0.4, 0.5) is 0 Å². The molecule has 1 N–H and O–H groups in total. The molecule has 2 aromatic heterocycles. The minimum Gasteiger partial charge on any atom is -0.385 e. The molecule has 7 nitrogen and oxygen atoms in total. The van der Waals surface area contributed by atoms with E-state index in [-0.39, 0.29) is 5.78 Å². The summed E-state index contributed by atoms with van der Waals surface area (Å²) >= 11 is 0. The van der Waals surface area contributed by atoms with Gasteiger partial charge in [0.2, 0.25) is 0 Å². The number of nitrogens with zero attached hydrogens (tertiary/aromatic N) is 5. The van der Waals surface area contributed by atoms with Crippen molar-refractivity contribution in [2.24, 2.45) is 7.05 Å². The molecule has 0 bridgehead atoms. The molecule has 0 unspecified atom stereocenters. The van der Waals surface area contributed by atoms with E-state index in [0.29, 0.717) is 6.54 Å². The highest BCUT2D eigenvalue weighted by Gasteiger charge is 2.21. The van der Waals surface area contributed by atoms with Crippen molar-refractivity contribution in [3.63, 3.8) is 0 Å². The molecule has 0 radical (unpaired) electrons. The van der Waals surface area contributed by atoms with Gasteiger partial charge in [-0.2, -0.15) is 5.10 Å². The van der Waals surface area contributed by atoms with Gasteiger partial charge in [-0.25, -0.2) is 0 Å². The van der Waals surface area contributed by atoms with Crippen LogP contribution >= 0.6 is 0 Å². The summed E-state index contributed by atoms with van der Waals surface area (Å²) in [4.78, 5) is 15.9. The first-order valence-electron chi connectivity index (χ1n) is 9.11. The summed E-state index contributed by atoms with van der Waals surface area (Å²) in [6.07, 6.45) is 2.35. The molecule has 7 heteroatoms. The number of aromatic nitrogens is 3. The molecule has 3 heterocycles. The van der Waals surface area contributed by atoms with E-state index in [9.17, 15) is 9.90 Å². The van der Waals surface area contributed by atoms with Gasteiger partial charge in [0.25, 0.3) is 0 Å². The number of hydrogen-bond donors (Lipinski definition) is 1. The van der Waals surface area contributed by atoms with E-state index in [0.717, 1.165) is 55.2 Å². The number of ketones is 1. The van der Waals surface area contributed by atoms with Gasteiger partial charge in [-0.05, 0) is 39.6 Å². The molecular formula is C19H29N5O2. The van der Waals surface area contributed by atoms with Crippen LogP contribution in [0.3, 0.4) is 0 Å². The normalized spacial score (nSPS) is 16.5. The highest BCUT2D eigenvalue weighted by molar-refractivity contribution is 5.94. The molecule has 0 amide bonds. The van der Waals surface area contributed by atoms with Gasteiger partial charge < -0.3 is 14.6 Å². The lowest BCUT2D eigenvalue weighted by Crippen LogP contribution is -2.24. The summed E-state index contributed by atoms with van der Waals surface area (Å²) in [5.41, 5.74) is 3.78. The quantitative estimate of drug-likeness (QED) is 0.791. The molecule has 3 rings (SSSR count). The van der Waals surface area contributed by atoms with Crippen LogP contribution in [0, 0.1) is 0 Å². The minimum absolute atomic E-state index is 0.0975. The van der Waals surface area contributed by atoms with Crippen molar-refractivity contribution < 1.29 is 9.90 Å². The second kappa shape index (κ2) is 7.73. The number of aryl methyl sites for hydroxylation is 2. The Bertz CT molecular complexity index is 777. The summed E-state index contributed by atoms with van der Waals surface area (Å²) in [7, 11) is 5.88. The second-order valence-electron chi connectivity index (χ2n) is 7.51. The van der Waals surface area contributed by atoms with Gasteiger partial charge in [0.05, 0.1) is 11.4 Å². The molecule has 1 atom stereocenters. The van der Waals surface area contributed by atoms with Crippen molar-refractivity contribution in [3.05, 3.63) is 41.0 Å². The Kier molecular flexibility index (Phi) is 5.60. The first-order chi connectivity index (χ1) is 12.3. The Balaban J connectivity index is 1.73. The standard InChI is InChI=1S/C19H29N5O2/c1-14(25)15-8-16(22(4)10-15)11-23-6-5-7-24-17(12-23)9-18(20-24)19(26)13-21(2)3/h8-10,19,26H,5-7,11-13H2,1-4H3/t19-/m0/s1. The lowest BCUT2D eigenvalue weighted by atomic mass is 10.2. The van der Waals surface area contributed by atoms with Crippen LogP contribution in [0.25, 0.3) is 0 Å². The maximum absolute atomic E-state index is 11.6. The Morgan fingerprint density at radius 1 is 1.35 bits per heavy atom. The number of carbonyl (C=O) groups is 1. The monoisotopic (exact) mass is 359 g/mol. The third-order valence-corrected chi connectivity index (χ3v) is 4.89. The first kappa shape index (κ1) is 18.8. The fraction of sp³-hybridized carbons (Fsp3) is 0.579. The van der Waals surface area contributed by atoms with Crippen LogP contribution in [0.2, 0.25) is 0 Å². The zero-order valence-corrected chi connectivity index (χ0v) is 16.1. The fourth-order valence-corrected chi connectivity index (χ4v) is 3.48. The van der Waals surface area contributed by atoms with E-state index >= 15 is 0 Å². The summed E-state index contributed by atoms with van der Waals surface area (Å²) in [5, 5.41) is 14.9. The van der Waals surface area contributed by atoms with Gasteiger partial charge in [-0.1, -0.05) is 0 Å². The van der Waals surface area contributed by atoms with Crippen molar-refractivity contribution in [3.8, 4) is 0 Å². The van der Waals surface area contributed by atoms with Crippen LogP contribution in [0.15, 0.2) is 18.3 Å². The highest BCUT2D eigenvalue weighted by atomic mass is 16.3. The van der Waals surface area contributed by atoms with Crippen molar-refractivity contribution in [1.82, 2.24) is 24.1 Å². The van der Waals surface area contributed by atoms with Crippen LogP contribution in [0.1, 0.15) is 46.9 Å². The largest absolute Gasteiger partial charge is 0.385 e. The van der Waals surface area contributed by atoms with E-state index in [1.165, 1.54) is 0 Å². The predicted molar refractivity (Wildman–Crippen MR) is 99.9 cm³/mol. The van der Waals surface area contributed by atoms with Crippen molar-refractivity contribution in [2.45, 2.75) is 39.1 Å². The smallest absolute Gasteiger partial charge is 0.161 e. The van der Waals surface area contributed by atoms with Crippen molar-refractivity contribution in [2.75, 3.05) is 27.2 Å². The predicted octanol–water partition coefficient (Wildman–Crippen LogP) is 1.43. The van der Waals surface area contributed by atoms with Crippen LogP contribution in [-0.2, 0) is 26.7 Å². The van der Waals surface area contributed by atoms with E-state index in [4.69, 9.17) is 0 Å². The van der Waals surface area contributed by atoms with E-state index in [2.05, 4.69) is 10.00 Å². The number of Topliss-reactive ketones (excluding diaryl/α,β-unsaturated/α-hetero) is 1. The molecule has 0 saturated heterocycles. The lowest BCUT2D eigenvalue weighted by molar-refractivity contribution is 0.101. The van der Waals surface area contributed by atoms with Crippen LogP contribution in [0.5, 0.6) is 0 Å². The highest BCUT2D eigenvalue weighted by Crippen LogP contribution is 2.20. The number of hydrogen-bond acceptors (Lipinski definition) is 5. The Morgan fingerprint density at radius 2 is 2.12 bits per heavy atom. The zero-order valence-electron chi connectivity index (χ0n) is 16.1. The molecule has 0 fully saturated rings. The summed E-state index contributed by atoms with van der Waals surface area (Å²) < 4.78 is 4.06. The Morgan fingerprint density at radius 3 is 2.77 bits per heavy atom. The molecule has 1 aliphatic heterocycles. The molecule has 0 spiro atoms. The summed E-state index contributed by atoms with van der Waals surface area (Å²) in [6.45, 7) is 5.61. The molecule has 2 aromatic rings. The first-order valence-corrected chi connectivity index (χ1v) is 9.11. The third kappa shape index (κ3) is 4.23. The Labute approximate surface area is 154 Å². The van der Waals surface area contributed by atoms with E-state index < -0.39 is 6.10 Å². The summed E-state index contributed by atoms with van der Waals surface area (Å²) in [5.74, 6) is 0.0975. The number of carbonyl (C=O) groups excluding carboxylic acids is 1. The topological polar surface area (TPSA) is 66.5 Å². The molecular weight excluding hydrogens is 330 g/mol. The fourth-order valence-electron chi connectivity index (χ4n) is 3.48. The maximum Gasteiger partial charge on any atom is 0.161 e. The van der Waals surface area contributed by atoms with Gasteiger partial charge in [-0.3, -0.25) is 14.4 Å². The molecule has 142 valence electrons. The lowest BCUT2D eigenvalue weighted by Gasteiger charge is -2.19. The van der Waals surface area contributed by atoms with Crippen molar-refractivity contribution >= 4 is 5.78 Å². The van der Waals surface area contributed by atoms with E-state index in [1.54, 1.807) is 6.92 Å². The maximum atomic E-state index is 11.6. The molecule has 26 heavy (non-hydrogen) atoms. The van der Waals surface area contributed by atoms with Gasteiger partial charge in [0.15, 0.2) is 5.78 Å². The molecule has 0 aromatic carbocycles. The van der Waals surface area contributed by atoms with Gasteiger partial charge in [0, 0.05) is 57.2 Å². The summed E-state index contributed by atoms with van der Waals surface area (Å²) in [6, 6.07) is 4.01. The third-order valence-electron chi connectivity index (χ3n) is 4.89. The number of fused-ring (bicyclic) bond motifs is 1. The van der Waals surface area contributed by atoms with Crippen LogP contribution < -0.4 is 0 Å². The zero-order chi connectivity index (χ0) is 18.8. The second-order valence-corrected chi connectivity index (χ2v) is 7.51. The average molecular weight is 359 g/mol. The van der Waals surface area contributed by atoms with E-state index in [1.807, 2.05) is 53.6 Å².